The summed E-state index contributed by atoms with van der Waals surface area (Å²) in [5.74, 6) is -3.46. The second-order valence-corrected chi connectivity index (χ2v) is 5.58. The molecule has 23 heavy (non-hydrogen) atoms. The molecule has 0 spiro atoms. The lowest BCUT2D eigenvalue weighted by Crippen LogP contribution is -2.30. The van der Waals surface area contributed by atoms with E-state index in [0.29, 0.717) is 11.8 Å². The summed E-state index contributed by atoms with van der Waals surface area (Å²) in [6, 6.07) is 9.27. The van der Waals surface area contributed by atoms with Gasteiger partial charge in [-0.05, 0) is 43.3 Å². The third kappa shape index (κ3) is 4.59. The number of hydrogen-bond donors (Lipinski definition) is 1. The standard InChI is InChI=1S/C16H12BrF2NO3/c1-9(15(21)20-12-5-2-10(17)3-6-12)23-16(22)13-7-4-11(18)8-14(13)19/h2-9H,1H3,(H,20,21)/t9-/m1/s1. The van der Waals surface area contributed by atoms with E-state index in [9.17, 15) is 18.4 Å². The molecule has 2 aromatic carbocycles. The van der Waals surface area contributed by atoms with Crippen LogP contribution in [0.4, 0.5) is 14.5 Å². The molecular formula is C16H12BrF2NO3. The van der Waals surface area contributed by atoms with E-state index >= 15 is 0 Å². The molecule has 0 saturated heterocycles. The van der Waals surface area contributed by atoms with Crippen molar-refractivity contribution in [3.63, 3.8) is 0 Å². The predicted octanol–water partition coefficient (Wildman–Crippen LogP) is 3.91. The molecule has 2 aromatic rings. The van der Waals surface area contributed by atoms with Gasteiger partial charge in [0.05, 0.1) is 5.56 Å². The third-order valence-electron chi connectivity index (χ3n) is 2.92. The summed E-state index contributed by atoms with van der Waals surface area (Å²) in [5.41, 5.74) is 0.0868. The number of amides is 1. The average Bonchev–Trinajstić information content (AvgIpc) is 2.49. The number of carbonyl (C=O) groups is 2. The number of nitrogens with one attached hydrogen (secondary N) is 1. The summed E-state index contributed by atoms with van der Waals surface area (Å²) in [4.78, 5) is 23.8. The Morgan fingerprint density at radius 3 is 2.39 bits per heavy atom. The molecule has 0 aromatic heterocycles. The highest BCUT2D eigenvalue weighted by Crippen LogP contribution is 2.15. The van der Waals surface area contributed by atoms with Crippen LogP contribution < -0.4 is 5.32 Å². The van der Waals surface area contributed by atoms with Crippen LogP contribution >= 0.6 is 15.9 Å². The van der Waals surface area contributed by atoms with Crippen LogP contribution in [0.1, 0.15) is 17.3 Å². The smallest absolute Gasteiger partial charge is 0.341 e. The quantitative estimate of drug-likeness (QED) is 0.814. The molecule has 1 atom stereocenters. The summed E-state index contributed by atoms with van der Waals surface area (Å²) in [6.45, 7) is 1.35. The second-order valence-electron chi connectivity index (χ2n) is 4.67. The van der Waals surface area contributed by atoms with E-state index < -0.39 is 35.2 Å². The minimum Gasteiger partial charge on any atom is -0.449 e. The second kappa shape index (κ2) is 7.32. The molecular weight excluding hydrogens is 372 g/mol. The molecule has 0 aliphatic rings. The molecule has 2 rings (SSSR count). The van der Waals surface area contributed by atoms with Crippen LogP contribution in [-0.2, 0) is 9.53 Å². The lowest BCUT2D eigenvalue weighted by molar-refractivity contribution is -0.123. The monoisotopic (exact) mass is 383 g/mol. The molecule has 4 nitrogen and oxygen atoms in total. The van der Waals surface area contributed by atoms with Crippen molar-refractivity contribution in [3.05, 3.63) is 64.1 Å². The van der Waals surface area contributed by atoms with Gasteiger partial charge >= 0.3 is 5.97 Å². The maximum Gasteiger partial charge on any atom is 0.341 e. The van der Waals surface area contributed by atoms with E-state index in [4.69, 9.17) is 4.74 Å². The van der Waals surface area contributed by atoms with Gasteiger partial charge in [0.1, 0.15) is 11.6 Å². The fraction of sp³-hybridized carbons (Fsp3) is 0.125. The molecule has 0 unspecified atom stereocenters. The van der Waals surface area contributed by atoms with E-state index in [0.717, 1.165) is 16.6 Å². The highest BCUT2D eigenvalue weighted by Gasteiger charge is 2.21. The molecule has 0 saturated carbocycles. The van der Waals surface area contributed by atoms with Crippen molar-refractivity contribution >= 4 is 33.5 Å². The van der Waals surface area contributed by atoms with Gasteiger partial charge in [0.15, 0.2) is 6.10 Å². The number of halogens is 3. The summed E-state index contributed by atoms with van der Waals surface area (Å²) in [6.07, 6.45) is -1.14. The third-order valence-corrected chi connectivity index (χ3v) is 3.44. The van der Waals surface area contributed by atoms with Gasteiger partial charge in [0.25, 0.3) is 5.91 Å². The minimum atomic E-state index is -1.14. The van der Waals surface area contributed by atoms with Gasteiger partial charge in [0.2, 0.25) is 0 Å². The fourth-order valence-corrected chi connectivity index (χ4v) is 1.97. The maximum absolute atomic E-state index is 13.5. The Labute approximate surface area is 139 Å². The minimum absolute atomic E-state index is 0.435. The number of hydrogen-bond acceptors (Lipinski definition) is 3. The highest BCUT2D eigenvalue weighted by molar-refractivity contribution is 9.10. The van der Waals surface area contributed by atoms with Crippen LogP contribution in [-0.4, -0.2) is 18.0 Å². The molecule has 0 heterocycles. The van der Waals surface area contributed by atoms with E-state index in [1.807, 2.05) is 0 Å². The van der Waals surface area contributed by atoms with Crippen LogP contribution in [0.5, 0.6) is 0 Å². The van der Waals surface area contributed by atoms with Gasteiger partial charge in [-0.15, -0.1) is 0 Å². The van der Waals surface area contributed by atoms with Crippen molar-refractivity contribution in [3.8, 4) is 0 Å². The Hall–Kier alpha value is -2.28. The summed E-state index contributed by atoms with van der Waals surface area (Å²) in [7, 11) is 0. The molecule has 0 aliphatic heterocycles. The zero-order chi connectivity index (χ0) is 17.0. The number of ether oxygens (including phenoxy) is 1. The van der Waals surface area contributed by atoms with Gasteiger partial charge in [0, 0.05) is 16.2 Å². The average molecular weight is 384 g/mol. The van der Waals surface area contributed by atoms with Crippen LogP contribution in [0.2, 0.25) is 0 Å². The summed E-state index contributed by atoms with van der Waals surface area (Å²) >= 11 is 3.27. The predicted molar refractivity (Wildman–Crippen MR) is 84.0 cm³/mol. The van der Waals surface area contributed by atoms with Crippen molar-refractivity contribution in [1.29, 1.82) is 0 Å². The first-order valence-corrected chi connectivity index (χ1v) is 7.38. The lowest BCUT2D eigenvalue weighted by Gasteiger charge is -2.14. The van der Waals surface area contributed by atoms with Gasteiger partial charge in [-0.25, -0.2) is 13.6 Å². The van der Waals surface area contributed by atoms with Crippen molar-refractivity contribution in [2.45, 2.75) is 13.0 Å². The topological polar surface area (TPSA) is 55.4 Å². The molecule has 1 amide bonds. The first kappa shape index (κ1) is 17.1. The van der Waals surface area contributed by atoms with Gasteiger partial charge in [-0.3, -0.25) is 4.79 Å². The number of carbonyl (C=O) groups excluding carboxylic acids is 2. The van der Waals surface area contributed by atoms with Gasteiger partial charge in [-0.1, -0.05) is 15.9 Å². The number of anilines is 1. The summed E-state index contributed by atoms with van der Waals surface area (Å²) < 4.78 is 32.0. The van der Waals surface area contributed by atoms with E-state index in [-0.39, 0.29) is 0 Å². The number of rotatable bonds is 4. The number of esters is 1. The zero-order valence-corrected chi connectivity index (χ0v) is 13.6. The van der Waals surface area contributed by atoms with Gasteiger partial charge in [-0.2, -0.15) is 0 Å². The molecule has 120 valence electrons. The maximum atomic E-state index is 13.5. The van der Waals surface area contributed by atoms with Gasteiger partial charge < -0.3 is 10.1 Å². The van der Waals surface area contributed by atoms with E-state index in [2.05, 4.69) is 21.2 Å². The molecule has 0 aliphatic carbocycles. The van der Waals surface area contributed by atoms with Crippen LogP contribution in [0.3, 0.4) is 0 Å². The fourth-order valence-electron chi connectivity index (χ4n) is 1.71. The normalized spacial score (nSPS) is 11.7. The van der Waals surface area contributed by atoms with E-state index in [1.54, 1.807) is 24.3 Å². The van der Waals surface area contributed by atoms with Crippen molar-refractivity contribution in [2.75, 3.05) is 5.32 Å². The Balaban J connectivity index is 2.00. The Bertz CT molecular complexity index is 735. The first-order valence-electron chi connectivity index (χ1n) is 6.59. The molecule has 0 radical (unpaired) electrons. The Morgan fingerprint density at radius 1 is 1.13 bits per heavy atom. The Morgan fingerprint density at radius 2 is 1.78 bits per heavy atom. The first-order chi connectivity index (χ1) is 10.9. The summed E-state index contributed by atoms with van der Waals surface area (Å²) in [5, 5.41) is 2.56. The van der Waals surface area contributed by atoms with Crippen LogP contribution in [0, 0.1) is 11.6 Å². The SMILES string of the molecule is C[C@@H](OC(=O)c1ccc(F)cc1F)C(=O)Nc1ccc(Br)cc1. The number of benzene rings is 2. The molecule has 0 bridgehead atoms. The molecule has 0 fully saturated rings. The molecule has 7 heteroatoms. The van der Waals surface area contributed by atoms with Crippen molar-refractivity contribution in [2.24, 2.45) is 0 Å². The zero-order valence-electron chi connectivity index (χ0n) is 12.0. The largest absolute Gasteiger partial charge is 0.449 e. The highest BCUT2D eigenvalue weighted by atomic mass is 79.9. The Kier molecular flexibility index (Phi) is 5.44. The lowest BCUT2D eigenvalue weighted by atomic mass is 10.2. The van der Waals surface area contributed by atoms with Crippen molar-refractivity contribution in [1.82, 2.24) is 0 Å². The van der Waals surface area contributed by atoms with Crippen LogP contribution in [0.15, 0.2) is 46.9 Å². The van der Waals surface area contributed by atoms with Crippen LogP contribution in [0.25, 0.3) is 0 Å². The van der Waals surface area contributed by atoms with Crippen molar-refractivity contribution < 1.29 is 23.1 Å². The van der Waals surface area contributed by atoms with E-state index in [1.165, 1.54) is 6.92 Å². The molecule has 1 N–H and O–H groups in total.